The van der Waals surface area contributed by atoms with Gasteiger partial charge in [0, 0.05) is 143 Å². The summed E-state index contributed by atoms with van der Waals surface area (Å²) >= 11 is 11.7. The van der Waals surface area contributed by atoms with Crippen LogP contribution in [0.25, 0.3) is 0 Å². The third-order valence-corrected chi connectivity index (χ3v) is 26.8. The van der Waals surface area contributed by atoms with Gasteiger partial charge in [0.15, 0.2) is 0 Å². The van der Waals surface area contributed by atoms with Gasteiger partial charge >= 0.3 is 6.61 Å². The number of pyridine rings is 5. The Kier molecular flexibility index (Phi) is 33.2. The van der Waals surface area contributed by atoms with E-state index in [9.17, 15) is 78.7 Å². The molecule has 714 valence electrons. The van der Waals surface area contributed by atoms with Gasteiger partial charge in [0.05, 0.1) is 18.8 Å². The second-order valence-corrected chi connectivity index (χ2v) is 36.8. The molecule has 135 heavy (non-hydrogen) atoms. The molecule has 0 bridgehead atoms. The molecule has 32 heteroatoms. The van der Waals surface area contributed by atoms with E-state index in [2.05, 4.69) is 62.3 Å². The molecule has 5 aromatic heterocycles. The summed E-state index contributed by atoms with van der Waals surface area (Å²) in [5, 5.41) is 15.2. The first-order chi connectivity index (χ1) is 64.9. The van der Waals surface area contributed by atoms with Gasteiger partial charge < -0.3 is 65.7 Å². The lowest BCUT2D eigenvalue weighted by Gasteiger charge is -2.23. The van der Waals surface area contributed by atoms with Crippen molar-refractivity contribution in [2.24, 2.45) is 0 Å². The van der Waals surface area contributed by atoms with Crippen molar-refractivity contribution in [2.75, 3.05) is 13.2 Å². The number of alkyl halides is 6. The number of ether oxygens (including phenoxy) is 3. The number of aromatic amines is 5. The molecule has 10 aromatic rings. The maximum atomic E-state index is 14.2. The van der Waals surface area contributed by atoms with Gasteiger partial charge in [0.25, 0.3) is 40.6 Å². The summed E-state index contributed by atoms with van der Waals surface area (Å²) in [6, 6.07) is 47.3. The standard InChI is InChI=1S/C22H24F2N2O2.C21H21F3N2O2.C21H22F2N2O3.C20H23ClN2O3.C19H21ClN2O3/c1-12-10-14(4-6-16(12)21(23)24)18(11-15-5-9-20(27)25-15)19-8-7-17(13-2-3-13)22(28)26-19;22-17-9-12(3-5-15(17)20(23)24)16(10-13-4-8-19(27)25-13)18-7-6-14(11-1-2-11)21(28)26-18;22-21(23)28-15-6-3-13(4-7-15)17(11-14-5-10-19(26)24-14)18-9-8-16(12-1-2-12)20(27)25-18;1-3-26-18-8-4-13(10-12(18)2)15(11-14-5-9-19(24)22-14)17-7-6-16(21)20(25)23-17;1-2-25-14-6-3-12(4-7-14)15(11-13-5-10-18(23)21-13)17-9-8-16(20)19(24)22-17/h4,6-8,10,13,15,18,21H,2-3,5,9,11H2,1H3,(H,25,27)(H,26,28);3,5-7,9,11,13,16,20H,1-2,4,8,10H2,(H,25,27)(H,26,28);3-4,6-9,12,14,17,21H,1-2,5,10-11H2,(H,24,26)(H,25,27);4,6-8,10,14-15H,3,5,9,11H2,1-2H3,(H,22,24)(H,23,25);3-4,6-9,13,15H,2,5,10-11H2,1H3,(H,21,23)(H,22,24)/t15-,18?;13-,16?;14-,17?;14-,15?;13-,15?/m11111/s1. The third-order valence-electron chi connectivity index (χ3n) is 26.2. The second kappa shape index (κ2) is 45.4. The number of carbonyl (C=O) groups is 5. The van der Waals surface area contributed by atoms with Crippen LogP contribution in [0, 0.1) is 19.7 Å². The average molecular weight is 1900 g/mol. The highest BCUT2D eigenvalue weighted by molar-refractivity contribution is 6.30. The number of aromatic nitrogens is 5. The first-order valence-electron chi connectivity index (χ1n) is 46.3. The van der Waals surface area contributed by atoms with Crippen LogP contribution in [0.4, 0.5) is 30.7 Å². The van der Waals surface area contributed by atoms with E-state index in [1.165, 1.54) is 24.3 Å². The summed E-state index contributed by atoms with van der Waals surface area (Å²) in [6.45, 7) is 5.94. The van der Waals surface area contributed by atoms with Gasteiger partial charge in [-0.3, -0.25) is 47.9 Å². The van der Waals surface area contributed by atoms with E-state index in [0.29, 0.717) is 106 Å². The molecule has 5 aromatic carbocycles. The number of amides is 5. The minimum atomic E-state index is -2.89. The summed E-state index contributed by atoms with van der Waals surface area (Å²) in [5.41, 5.74) is 10.5. The lowest BCUT2D eigenvalue weighted by atomic mass is 9.86. The van der Waals surface area contributed by atoms with E-state index in [1.807, 2.05) is 99.6 Å². The number of aryl methyl sites for hydroxylation is 2. The molecule has 3 saturated carbocycles. The summed E-state index contributed by atoms with van der Waals surface area (Å²) in [7, 11) is 0. The fraction of sp³-hybridized carbons (Fsp3) is 0.417. The third kappa shape index (κ3) is 26.7. The Morgan fingerprint density at radius 2 is 0.622 bits per heavy atom. The van der Waals surface area contributed by atoms with Crippen LogP contribution in [0.15, 0.2) is 188 Å². The minimum absolute atomic E-state index is 0.0131. The molecule has 5 aliphatic heterocycles. The molecule has 8 fully saturated rings. The Bertz CT molecular complexity index is 6050. The van der Waals surface area contributed by atoms with Crippen LogP contribution in [0.5, 0.6) is 17.2 Å². The molecular formula is C103H111Cl2F7N10O13. The van der Waals surface area contributed by atoms with Crippen molar-refractivity contribution in [3.05, 3.63) is 327 Å². The van der Waals surface area contributed by atoms with Crippen LogP contribution in [0.2, 0.25) is 10.0 Å². The quantitative estimate of drug-likeness (QED) is 0.0181. The molecule has 5 saturated heterocycles. The highest BCUT2D eigenvalue weighted by Gasteiger charge is 2.36. The van der Waals surface area contributed by atoms with E-state index < -0.39 is 36.8 Å². The highest BCUT2D eigenvalue weighted by Crippen LogP contribution is 2.44. The molecule has 3 aliphatic carbocycles. The number of carbonyl (C=O) groups excluding carboxylic acids is 5. The Balaban J connectivity index is 0.000000135. The van der Waals surface area contributed by atoms with Crippen molar-refractivity contribution >= 4 is 52.7 Å². The predicted molar refractivity (Wildman–Crippen MR) is 500 cm³/mol. The van der Waals surface area contributed by atoms with Gasteiger partial charge in [-0.15, -0.1) is 0 Å². The molecule has 10 N–H and O–H groups in total. The number of hydrogen-bond acceptors (Lipinski definition) is 13. The topological polar surface area (TPSA) is 337 Å². The maximum absolute atomic E-state index is 14.2. The lowest BCUT2D eigenvalue weighted by molar-refractivity contribution is -0.120. The molecule has 0 spiro atoms. The zero-order valence-electron chi connectivity index (χ0n) is 75.3. The number of benzene rings is 5. The molecular weight excluding hydrogens is 1790 g/mol. The molecule has 23 nitrogen and oxygen atoms in total. The zero-order valence-corrected chi connectivity index (χ0v) is 76.8. The van der Waals surface area contributed by atoms with Crippen molar-refractivity contribution in [3.8, 4) is 17.2 Å². The van der Waals surface area contributed by atoms with Crippen molar-refractivity contribution in [3.63, 3.8) is 0 Å². The van der Waals surface area contributed by atoms with E-state index in [1.54, 1.807) is 49.4 Å². The Labute approximate surface area is 785 Å². The van der Waals surface area contributed by atoms with Gasteiger partial charge in [-0.2, -0.15) is 8.78 Å². The average Bonchev–Trinajstić information content (AvgIpc) is 1.43. The molecule has 0 radical (unpaired) electrons. The molecule has 5 amide bonds. The van der Waals surface area contributed by atoms with Crippen molar-refractivity contribution in [1.29, 1.82) is 0 Å². The lowest BCUT2D eigenvalue weighted by Crippen LogP contribution is -2.28. The van der Waals surface area contributed by atoms with E-state index >= 15 is 0 Å². The summed E-state index contributed by atoms with van der Waals surface area (Å²) < 4.78 is 107. The number of hydrogen-bond donors (Lipinski definition) is 10. The van der Waals surface area contributed by atoms with Gasteiger partial charge in [-0.05, 0) is 266 Å². The Hall–Kier alpha value is -12.3. The SMILES string of the molecule is CCOc1ccc(C(C[C@H]2CCC(=O)N2)c2ccc(Cl)c(=O)[nH]2)cc1.CCOc1ccc(C(C[C@H]2CCC(=O)N2)c2ccc(Cl)c(=O)[nH]2)cc1C.Cc1cc(C(C[C@H]2CCC(=O)N2)c2ccc(C3CC3)c(=O)[nH]2)ccc1C(F)F.O=C1CC[C@H](CC(c2ccc(C(F)F)c(F)c2)c2ccc(C3CC3)c(=O)[nH]2)N1.O=C1CC[C@H](CC(c2ccc(OC(F)F)cc2)c2ccc(C3CC3)c(=O)[nH]2)N1. The Morgan fingerprint density at radius 3 is 0.904 bits per heavy atom. The largest absolute Gasteiger partial charge is 0.494 e. The minimum Gasteiger partial charge on any atom is -0.494 e. The van der Waals surface area contributed by atoms with Crippen LogP contribution in [0.1, 0.15) is 304 Å². The summed E-state index contributed by atoms with van der Waals surface area (Å²) in [6.07, 6.45) is 10.2. The summed E-state index contributed by atoms with van der Waals surface area (Å²) in [5.74, 6) is 1.16. The maximum Gasteiger partial charge on any atom is 0.387 e. The van der Waals surface area contributed by atoms with Crippen molar-refractivity contribution < 1.29 is 68.9 Å². The van der Waals surface area contributed by atoms with Crippen molar-refractivity contribution in [2.45, 2.75) is 260 Å². The van der Waals surface area contributed by atoms with Crippen LogP contribution in [-0.2, 0) is 24.0 Å². The van der Waals surface area contributed by atoms with E-state index in [0.717, 1.165) is 168 Å². The normalized spacial score (nSPS) is 19.4. The van der Waals surface area contributed by atoms with Gasteiger partial charge in [0.1, 0.15) is 33.1 Å². The number of rotatable bonds is 31. The smallest absolute Gasteiger partial charge is 0.387 e. The fourth-order valence-electron chi connectivity index (χ4n) is 18.7. The van der Waals surface area contributed by atoms with Crippen LogP contribution < -0.4 is 68.6 Å². The molecule has 8 aliphatic rings. The second-order valence-electron chi connectivity index (χ2n) is 36.0. The number of halogens is 9. The van der Waals surface area contributed by atoms with Gasteiger partial charge in [0.2, 0.25) is 29.5 Å². The first kappa shape index (κ1) is 98.7. The molecule has 10 atom stereocenters. The zero-order chi connectivity index (χ0) is 95.8. The van der Waals surface area contributed by atoms with Gasteiger partial charge in [-0.25, -0.2) is 22.0 Å². The monoisotopic (exact) mass is 1900 g/mol. The predicted octanol–water partition coefficient (Wildman–Crippen LogP) is 18.8. The number of nitrogens with one attached hydrogen (secondary N) is 10. The van der Waals surface area contributed by atoms with E-state index in [4.69, 9.17) is 32.7 Å². The first-order valence-corrected chi connectivity index (χ1v) is 47.0. The van der Waals surface area contributed by atoms with Crippen LogP contribution in [0.3, 0.4) is 0 Å². The summed E-state index contributed by atoms with van der Waals surface area (Å²) in [4.78, 5) is 134. The number of H-pyrrole nitrogens is 5. The van der Waals surface area contributed by atoms with Crippen molar-refractivity contribution in [1.82, 2.24) is 51.5 Å². The van der Waals surface area contributed by atoms with E-state index in [-0.39, 0.29) is 133 Å². The van der Waals surface area contributed by atoms with Crippen LogP contribution in [-0.4, -0.2) is 104 Å². The highest BCUT2D eigenvalue weighted by atomic mass is 35.5. The van der Waals surface area contributed by atoms with Crippen LogP contribution >= 0.6 is 23.2 Å². The Morgan fingerprint density at radius 1 is 0.326 bits per heavy atom. The molecule has 10 heterocycles. The van der Waals surface area contributed by atoms with Gasteiger partial charge in [-0.1, -0.05) is 108 Å². The fourth-order valence-corrected chi connectivity index (χ4v) is 18.9. The molecule has 5 unspecified atom stereocenters. The molecule has 18 rings (SSSR count).